The summed E-state index contributed by atoms with van der Waals surface area (Å²) in [5, 5.41) is 4.88. The molecule has 0 bridgehead atoms. The van der Waals surface area contributed by atoms with Gasteiger partial charge in [-0.25, -0.2) is 15.0 Å². The fourth-order valence-electron chi connectivity index (χ4n) is 8.31. The molecular formula is C51H34N4S. The van der Waals surface area contributed by atoms with E-state index in [4.69, 9.17) is 15.0 Å². The number of para-hydroxylation sites is 2. The Hall–Kier alpha value is -6.95. The van der Waals surface area contributed by atoms with E-state index in [1.807, 2.05) is 0 Å². The van der Waals surface area contributed by atoms with Gasteiger partial charge in [-0.05, 0) is 77.6 Å². The van der Waals surface area contributed by atoms with Crippen molar-refractivity contribution in [3.63, 3.8) is 0 Å². The summed E-state index contributed by atoms with van der Waals surface area (Å²) in [6.07, 6.45) is 6.27. The highest BCUT2D eigenvalue weighted by Crippen LogP contribution is 2.41. The highest BCUT2D eigenvalue weighted by molar-refractivity contribution is 7.26. The molecule has 4 nitrogen and oxygen atoms in total. The molecule has 264 valence electrons. The second-order valence-corrected chi connectivity index (χ2v) is 15.3. The zero-order chi connectivity index (χ0) is 37.0. The topological polar surface area (TPSA) is 43.6 Å². The van der Waals surface area contributed by atoms with Crippen molar-refractivity contribution in [3.05, 3.63) is 193 Å². The molecule has 0 saturated carbocycles. The molecule has 5 heteroatoms. The second kappa shape index (κ2) is 13.4. The molecule has 56 heavy (non-hydrogen) atoms. The van der Waals surface area contributed by atoms with E-state index in [2.05, 4.69) is 187 Å². The largest absolute Gasteiger partial charge is 0.309 e. The molecule has 0 aliphatic heterocycles. The Morgan fingerprint density at radius 3 is 2.04 bits per heavy atom. The van der Waals surface area contributed by atoms with E-state index in [-0.39, 0.29) is 0 Å². The van der Waals surface area contributed by atoms with E-state index < -0.39 is 0 Å². The smallest absolute Gasteiger partial charge is 0.165 e. The number of nitrogens with zero attached hydrogens (tertiary/aromatic N) is 4. The SMILES string of the molecule is C1=CC(c2cccc(-c3ccccc3)c2)=C(c2nc(-c3ccc4c5ccccc5n(-c5ccccc5)c4c3)nc(-c3cccc4c3sc3ccccc34)n2)CC1. The van der Waals surface area contributed by atoms with Gasteiger partial charge in [-0.1, -0.05) is 140 Å². The Morgan fingerprint density at radius 2 is 1.14 bits per heavy atom. The van der Waals surface area contributed by atoms with Crippen LogP contribution in [0.2, 0.25) is 0 Å². The number of aromatic nitrogens is 4. The lowest BCUT2D eigenvalue weighted by Gasteiger charge is -2.18. The lowest BCUT2D eigenvalue weighted by Crippen LogP contribution is -2.06. The fraction of sp³-hybridized carbons (Fsp3) is 0.0392. The van der Waals surface area contributed by atoms with Crippen molar-refractivity contribution in [3.8, 4) is 39.6 Å². The first-order chi connectivity index (χ1) is 27.8. The summed E-state index contributed by atoms with van der Waals surface area (Å²) in [7, 11) is 0. The lowest BCUT2D eigenvalue weighted by atomic mass is 9.90. The van der Waals surface area contributed by atoms with Crippen LogP contribution < -0.4 is 0 Å². The van der Waals surface area contributed by atoms with E-state index in [0.717, 1.165) is 57.7 Å². The van der Waals surface area contributed by atoms with Crippen LogP contribution in [0.4, 0.5) is 0 Å². The van der Waals surface area contributed by atoms with Crippen LogP contribution in [0.15, 0.2) is 182 Å². The minimum atomic E-state index is 0.661. The Morgan fingerprint density at radius 1 is 0.464 bits per heavy atom. The van der Waals surface area contributed by atoms with Crippen LogP contribution in [0.3, 0.4) is 0 Å². The third-order valence-corrected chi connectivity index (χ3v) is 12.2. The number of fused-ring (bicyclic) bond motifs is 6. The molecule has 3 aromatic heterocycles. The number of hydrogen-bond donors (Lipinski definition) is 0. The highest BCUT2D eigenvalue weighted by atomic mass is 32.1. The average Bonchev–Trinajstić information content (AvgIpc) is 3.82. The zero-order valence-corrected chi connectivity index (χ0v) is 31.2. The van der Waals surface area contributed by atoms with Gasteiger partial charge in [-0.2, -0.15) is 0 Å². The summed E-state index contributed by atoms with van der Waals surface area (Å²) in [4.78, 5) is 16.1. The van der Waals surface area contributed by atoms with Gasteiger partial charge in [-0.15, -0.1) is 11.3 Å². The fourth-order valence-corrected chi connectivity index (χ4v) is 9.52. The number of rotatable bonds is 6. The monoisotopic (exact) mass is 734 g/mol. The summed E-state index contributed by atoms with van der Waals surface area (Å²) in [6, 6.07) is 60.4. The van der Waals surface area contributed by atoms with E-state index in [0.29, 0.717) is 11.6 Å². The average molecular weight is 735 g/mol. The number of allylic oxidation sites excluding steroid dienone is 4. The predicted octanol–water partition coefficient (Wildman–Crippen LogP) is 13.6. The predicted molar refractivity (Wildman–Crippen MR) is 235 cm³/mol. The van der Waals surface area contributed by atoms with Crippen LogP contribution in [0.5, 0.6) is 0 Å². The first kappa shape index (κ1) is 32.5. The summed E-state index contributed by atoms with van der Waals surface area (Å²) in [5.41, 5.74) is 11.2. The zero-order valence-electron chi connectivity index (χ0n) is 30.4. The summed E-state index contributed by atoms with van der Waals surface area (Å²) >= 11 is 1.80. The second-order valence-electron chi connectivity index (χ2n) is 14.3. The maximum Gasteiger partial charge on any atom is 0.165 e. The van der Waals surface area contributed by atoms with Gasteiger partial charge in [0.2, 0.25) is 0 Å². The third kappa shape index (κ3) is 5.47. The van der Waals surface area contributed by atoms with Gasteiger partial charge in [-0.3, -0.25) is 0 Å². The van der Waals surface area contributed by atoms with Crippen molar-refractivity contribution in [1.82, 2.24) is 19.5 Å². The molecule has 0 spiro atoms. The molecule has 0 atom stereocenters. The molecule has 1 aliphatic rings. The van der Waals surface area contributed by atoms with Gasteiger partial charge in [0.25, 0.3) is 0 Å². The van der Waals surface area contributed by atoms with Gasteiger partial charge >= 0.3 is 0 Å². The van der Waals surface area contributed by atoms with E-state index in [1.54, 1.807) is 11.3 Å². The molecule has 0 N–H and O–H groups in total. The Balaban J connectivity index is 1.16. The minimum Gasteiger partial charge on any atom is -0.309 e. The van der Waals surface area contributed by atoms with Crippen molar-refractivity contribution >= 4 is 64.5 Å². The molecule has 10 aromatic rings. The first-order valence-corrected chi connectivity index (χ1v) is 19.9. The van der Waals surface area contributed by atoms with Crippen LogP contribution in [0, 0.1) is 0 Å². The van der Waals surface area contributed by atoms with Crippen LogP contribution in [-0.2, 0) is 0 Å². The van der Waals surface area contributed by atoms with Gasteiger partial charge in [0.15, 0.2) is 17.5 Å². The lowest BCUT2D eigenvalue weighted by molar-refractivity contribution is 0.981. The van der Waals surface area contributed by atoms with Crippen molar-refractivity contribution in [1.29, 1.82) is 0 Å². The Labute approximate surface area is 328 Å². The molecule has 7 aromatic carbocycles. The van der Waals surface area contributed by atoms with E-state index in [1.165, 1.54) is 47.6 Å². The van der Waals surface area contributed by atoms with Crippen LogP contribution >= 0.6 is 11.3 Å². The van der Waals surface area contributed by atoms with Gasteiger partial charge in [0, 0.05) is 53.3 Å². The molecular weight excluding hydrogens is 701 g/mol. The van der Waals surface area contributed by atoms with Crippen molar-refractivity contribution in [2.45, 2.75) is 12.8 Å². The van der Waals surface area contributed by atoms with Crippen LogP contribution in [0.25, 0.3) is 92.7 Å². The highest BCUT2D eigenvalue weighted by Gasteiger charge is 2.22. The van der Waals surface area contributed by atoms with E-state index >= 15 is 0 Å². The molecule has 0 amide bonds. The molecule has 3 heterocycles. The number of benzene rings is 7. The maximum atomic E-state index is 5.38. The molecule has 11 rings (SSSR count). The maximum absolute atomic E-state index is 5.38. The van der Waals surface area contributed by atoms with Gasteiger partial charge in [0.1, 0.15) is 0 Å². The normalized spacial score (nSPS) is 13.1. The third-order valence-electron chi connectivity index (χ3n) is 10.9. The van der Waals surface area contributed by atoms with Crippen molar-refractivity contribution in [2.24, 2.45) is 0 Å². The molecule has 0 fully saturated rings. The van der Waals surface area contributed by atoms with Crippen molar-refractivity contribution < 1.29 is 0 Å². The summed E-state index contributed by atoms with van der Waals surface area (Å²) < 4.78 is 4.79. The number of hydrogen-bond acceptors (Lipinski definition) is 4. The Bertz CT molecular complexity index is 3190. The first-order valence-electron chi connectivity index (χ1n) is 19.1. The van der Waals surface area contributed by atoms with Crippen LogP contribution in [-0.4, -0.2) is 19.5 Å². The molecule has 1 aliphatic carbocycles. The molecule has 0 radical (unpaired) electrons. The van der Waals surface area contributed by atoms with Gasteiger partial charge in [0.05, 0.1) is 11.0 Å². The number of thiophene rings is 1. The molecule has 0 unspecified atom stereocenters. The Kier molecular flexibility index (Phi) is 7.78. The summed E-state index contributed by atoms with van der Waals surface area (Å²) in [6.45, 7) is 0. The van der Waals surface area contributed by atoms with Crippen LogP contribution in [0.1, 0.15) is 24.2 Å². The minimum absolute atomic E-state index is 0.661. The van der Waals surface area contributed by atoms with Gasteiger partial charge < -0.3 is 4.57 Å². The quantitative estimate of drug-likeness (QED) is 0.171. The van der Waals surface area contributed by atoms with Crippen molar-refractivity contribution in [2.75, 3.05) is 0 Å². The standard InChI is InChI=1S/C51H34N4S/c1-3-15-33(16-4-1)34-17-13-18-35(31-34)38-21-7-8-24-43(38)50-52-49(53-51(54-50)44-26-14-25-42-41-23-10-12-28-47(41)56-48(42)44)36-29-30-40-39-22-9-11-27-45(39)55(46(40)32-36)37-19-5-2-6-20-37/h1-7,9-23,25-32H,8,24H2. The summed E-state index contributed by atoms with van der Waals surface area (Å²) in [5.74, 6) is 2.07. The molecule has 0 saturated heterocycles. The van der Waals surface area contributed by atoms with E-state index in [9.17, 15) is 0 Å².